The van der Waals surface area contributed by atoms with Crippen LogP contribution in [0.1, 0.15) is 16.7 Å². The van der Waals surface area contributed by atoms with Gasteiger partial charge in [0.25, 0.3) is 0 Å². The van der Waals surface area contributed by atoms with Crippen LogP contribution in [0.4, 0.5) is 23.2 Å². The lowest BCUT2D eigenvalue weighted by atomic mass is 10.1. The summed E-state index contributed by atoms with van der Waals surface area (Å²) in [6, 6.07) is 15.6. The first-order chi connectivity index (χ1) is 15.6. The van der Waals surface area contributed by atoms with Gasteiger partial charge < -0.3 is 4.90 Å². The van der Waals surface area contributed by atoms with Crippen LogP contribution in [-0.2, 0) is 34.1 Å². The second kappa shape index (κ2) is 8.60. The van der Waals surface area contributed by atoms with E-state index < -0.39 is 40.0 Å². The minimum absolute atomic E-state index is 0.0847. The fourth-order valence-corrected chi connectivity index (χ4v) is 5.20. The van der Waals surface area contributed by atoms with Gasteiger partial charge in [-0.15, -0.1) is 0 Å². The van der Waals surface area contributed by atoms with Crippen molar-refractivity contribution in [2.75, 3.05) is 11.4 Å². The largest absolute Gasteiger partial charge is 0.416 e. The Morgan fingerprint density at radius 1 is 0.848 bits per heavy atom. The highest BCUT2D eigenvalue weighted by molar-refractivity contribution is 7.89. The van der Waals surface area contributed by atoms with Crippen molar-refractivity contribution >= 4 is 21.6 Å². The minimum atomic E-state index is -4.55. The number of hydrogen-bond donors (Lipinski definition) is 0. The molecule has 1 amide bonds. The molecule has 0 bridgehead atoms. The Hall–Kier alpha value is -3.24. The molecule has 0 saturated heterocycles. The highest BCUT2D eigenvalue weighted by atomic mass is 32.2. The Morgan fingerprint density at radius 2 is 1.55 bits per heavy atom. The number of amides is 1. The lowest BCUT2D eigenvalue weighted by Gasteiger charge is -2.22. The third kappa shape index (κ3) is 4.76. The van der Waals surface area contributed by atoms with Gasteiger partial charge in [-0.25, -0.2) is 12.8 Å². The topological polar surface area (TPSA) is 57.7 Å². The van der Waals surface area contributed by atoms with Crippen LogP contribution >= 0.6 is 0 Å². The lowest BCUT2D eigenvalue weighted by Crippen LogP contribution is -2.38. The average Bonchev–Trinajstić information content (AvgIpc) is 2.84. The van der Waals surface area contributed by atoms with Crippen LogP contribution in [0.3, 0.4) is 0 Å². The van der Waals surface area contributed by atoms with Gasteiger partial charge in [0.05, 0.1) is 24.3 Å². The number of sulfonamides is 1. The van der Waals surface area contributed by atoms with Gasteiger partial charge in [-0.2, -0.15) is 17.5 Å². The number of alkyl halides is 3. The molecule has 0 saturated carbocycles. The van der Waals surface area contributed by atoms with Crippen LogP contribution in [0.5, 0.6) is 0 Å². The molecule has 172 valence electrons. The second-order valence-corrected chi connectivity index (χ2v) is 9.45. The van der Waals surface area contributed by atoms with Gasteiger partial charge in [-0.3, -0.25) is 4.79 Å². The molecule has 33 heavy (non-hydrogen) atoms. The summed E-state index contributed by atoms with van der Waals surface area (Å²) in [6.07, 6.45) is -4.55. The molecule has 0 radical (unpaired) electrons. The number of halogens is 4. The molecule has 1 aliphatic rings. The SMILES string of the molecule is O=C1CN(Cc2ccc(F)cc2)S(=O)(=O)c2ccccc2N1Cc1cccc(C(F)(F)F)c1. The van der Waals surface area contributed by atoms with Crippen molar-refractivity contribution < 1.29 is 30.8 Å². The normalized spacial score (nSPS) is 16.4. The summed E-state index contributed by atoms with van der Waals surface area (Å²) in [7, 11) is -4.12. The first-order valence-corrected chi connectivity index (χ1v) is 11.3. The van der Waals surface area contributed by atoms with Crippen molar-refractivity contribution in [2.24, 2.45) is 0 Å². The highest BCUT2D eigenvalue weighted by Gasteiger charge is 2.37. The third-order valence-corrected chi connectivity index (χ3v) is 7.09. The number of fused-ring (bicyclic) bond motifs is 1. The summed E-state index contributed by atoms with van der Waals surface area (Å²) in [6.45, 7) is -0.923. The number of rotatable bonds is 4. The van der Waals surface area contributed by atoms with Crippen molar-refractivity contribution in [3.8, 4) is 0 Å². The predicted octanol–water partition coefficient (Wildman–Crippen LogP) is 4.58. The Morgan fingerprint density at radius 3 is 2.24 bits per heavy atom. The molecule has 4 rings (SSSR count). The van der Waals surface area contributed by atoms with Crippen LogP contribution < -0.4 is 4.90 Å². The number of para-hydroxylation sites is 1. The maximum atomic E-state index is 13.3. The summed E-state index contributed by atoms with van der Waals surface area (Å²) < 4.78 is 80.3. The van der Waals surface area contributed by atoms with Gasteiger partial charge in [0, 0.05) is 6.54 Å². The summed E-state index contributed by atoms with van der Waals surface area (Å²) >= 11 is 0. The van der Waals surface area contributed by atoms with Crippen LogP contribution in [0.15, 0.2) is 77.7 Å². The van der Waals surface area contributed by atoms with E-state index in [0.717, 1.165) is 16.4 Å². The van der Waals surface area contributed by atoms with E-state index in [1.165, 1.54) is 59.5 Å². The average molecular weight is 478 g/mol. The van der Waals surface area contributed by atoms with Gasteiger partial charge in [-0.05, 0) is 47.5 Å². The zero-order valence-electron chi connectivity index (χ0n) is 17.1. The number of benzene rings is 3. The Labute approximate surface area is 187 Å². The standard InChI is InChI=1S/C23H18F4N2O3S/c24-19-10-8-16(9-11-19)13-28-15-22(30)29(20-6-1-2-7-21(20)33(28,31)32)14-17-4-3-5-18(12-17)23(25,26)27/h1-12H,13-15H2. The molecule has 5 nitrogen and oxygen atoms in total. The number of anilines is 1. The summed E-state index contributed by atoms with van der Waals surface area (Å²) in [5, 5.41) is 0. The van der Waals surface area contributed by atoms with E-state index in [0.29, 0.717) is 5.56 Å². The number of carbonyl (C=O) groups is 1. The lowest BCUT2D eigenvalue weighted by molar-refractivity contribution is -0.137. The summed E-state index contributed by atoms with van der Waals surface area (Å²) in [4.78, 5) is 14.2. The molecule has 0 aliphatic carbocycles. The van der Waals surface area contributed by atoms with Gasteiger partial charge in [0.2, 0.25) is 15.9 Å². The van der Waals surface area contributed by atoms with E-state index >= 15 is 0 Å². The molecule has 1 heterocycles. The molecule has 1 aliphatic heterocycles. The first-order valence-electron chi connectivity index (χ1n) is 9.86. The molecule has 0 spiro atoms. The fourth-order valence-electron chi connectivity index (χ4n) is 3.63. The molecule has 0 aromatic heterocycles. The molecule has 3 aromatic carbocycles. The fraction of sp³-hybridized carbons (Fsp3) is 0.174. The zero-order valence-corrected chi connectivity index (χ0v) is 17.9. The van der Waals surface area contributed by atoms with E-state index in [2.05, 4.69) is 0 Å². The van der Waals surface area contributed by atoms with Crippen LogP contribution in [0.25, 0.3) is 0 Å². The first kappa shape index (κ1) is 22.9. The molecule has 10 heteroatoms. The van der Waals surface area contributed by atoms with Crippen molar-refractivity contribution in [2.45, 2.75) is 24.2 Å². The Bertz CT molecular complexity index is 1290. The summed E-state index contributed by atoms with van der Waals surface area (Å²) in [5.41, 5.74) is -0.0865. The van der Waals surface area contributed by atoms with Gasteiger partial charge in [0.15, 0.2) is 0 Å². The molecular formula is C23H18F4N2O3S. The van der Waals surface area contributed by atoms with E-state index in [-0.39, 0.29) is 29.2 Å². The molecule has 0 fully saturated rings. The van der Waals surface area contributed by atoms with Crippen molar-refractivity contribution in [1.82, 2.24) is 4.31 Å². The van der Waals surface area contributed by atoms with Crippen molar-refractivity contribution in [3.63, 3.8) is 0 Å². The Balaban J connectivity index is 1.72. The Kier molecular flexibility index (Phi) is 5.98. The predicted molar refractivity (Wildman–Crippen MR) is 113 cm³/mol. The van der Waals surface area contributed by atoms with Gasteiger partial charge in [0.1, 0.15) is 10.7 Å². The smallest absolute Gasteiger partial charge is 0.305 e. The minimum Gasteiger partial charge on any atom is -0.305 e. The summed E-state index contributed by atoms with van der Waals surface area (Å²) in [5.74, 6) is -1.07. The van der Waals surface area contributed by atoms with Crippen LogP contribution in [0, 0.1) is 5.82 Å². The van der Waals surface area contributed by atoms with Crippen LogP contribution in [-0.4, -0.2) is 25.2 Å². The maximum Gasteiger partial charge on any atom is 0.416 e. The van der Waals surface area contributed by atoms with E-state index in [1.807, 2.05) is 0 Å². The van der Waals surface area contributed by atoms with E-state index in [1.54, 1.807) is 6.07 Å². The monoisotopic (exact) mass is 478 g/mol. The van der Waals surface area contributed by atoms with Gasteiger partial charge >= 0.3 is 6.18 Å². The highest BCUT2D eigenvalue weighted by Crippen LogP contribution is 2.34. The number of hydrogen-bond acceptors (Lipinski definition) is 3. The maximum absolute atomic E-state index is 13.3. The zero-order chi connectivity index (χ0) is 23.8. The van der Waals surface area contributed by atoms with E-state index in [4.69, 9.17) is 0 Å². The van der Waals surface area contributed by atoms with Crippen molar-refractivity contribution in [1.29, 1.82) is 0 Å². The third-order valence-electron chi connectivity index (χ3n) is 5.25. The second-order valence-electron chi connectivity index (χ2n) is 7.55. The molecule has 0 atom stereocenters. The van der Waals surface area contributed by atoms with Crippen LogP contribution in [0.2, 0.25) is 0 Å². The quantitative estimate of drug-likeness (QED) is 0.516. The number of nitrogens with zero attached hydrogens (tertiary/aromatic N) is 2. The molecule has 3 aromatic rings. The number of carbonyl (C=O) groups excluding carboxylic acids is 1. The van der Waals surface area contributed by atoms with Crippen molar-refractivity contribution in [3.05, 3.63) is 95.3 Å². The molecule has 0 unspecified atom stereocenters. The van der Waals surface area contributed by atoms with E-state index in [9.17, 15) is 30.8 Å². The van der Waals surface area contributed by atoms with Gasteiger partial charge in [-0.1, -0.05) is 36.4 Å². The molecular weight excluding hydrogens is 460 g/mol. The molecule has 0 N–H and O–H groups in total.